The molecule has 1 heterocycles. The van der Waals surface area contributed by atoms with Crippen LogP contribution in [0, 0.1) is 6.26 Å². The smallest absolute Gasteiger partial charge is 0.247 e. The number of aromatic nitrogens is 4. The molecule has 1 atom stereocenters. The van der Waals surface area contributed by atoms with E-state index in [0.717, 1.165) is 11.8 Å². The molecule has 2 rings (SSSR count). The van der Waals surface area contributed by atoms with Crippen molar-refractivity contribution in [1.29, 1.82) is 0 Å². The lowest BCUT2D eigenvalue weighted by atomic mass is 10.1. The number of phenolic OH excluding ortho intramolecular Hbond substituents is 1. The number of carbonyl (C=O) groups excluding carboxylic acids is 1. The Bertz CT molecular complexity index is 554. The van der Waals surface area contributed by atoms with Gasteiger partial charge < -0.3 is 10.8 Å². The first-order chi connectivity index (χ1) is 8.63. The number of hydrogen-bond acceptors (Lipinski definition) is 6. The van der Waals surface area contributed by atoms with Crippen molar-refractivity contribution in [3.63, 3.8) is 0 Å². The SMILES string of the molecule is [CH2]Sc1nnnn1C(C(N)=O)c1ccc(O)cc1. The van der Waals surface area contributed by atoms with Crippen molar-refractivity contribution in [3.8, 4) is 5.75 Å². The van der Waals surface area contributed by atoms with Gasteiger partial charge in [-0.3, -0.25) is 4.79 Å². The van der Waals surface area contributed by atoms with E-state index in [1.165, 1.54) is 16.8 Å². The first-order valence-corrected chi connectivity index (χ1v) is 5.90. The fourth-order valence-electron chi connectivity index (χ4n) is 1.53. The summed E-state index contributed by atoms with van der Waals surface area (Å²) in [6.07, 6.45) is 3.60. The van der Waals surface area contributed by atoms with E-state index < -0.39 is 11.9 Å². The molecule has 0 bridgehead atoms. The molecule has 0 spiro atoms. The van der Waals surface area contributed by atoms with Crippen LogP contribution >= 0.6 is 11.8 Å². The quantitative estimate of drug-likeness (QED) is 0.771. The van der Waals surface area contributed by atoms with Gasteiger partial charge in [-0.15, -0.1) is 5.10 Å². The summed E-state index contributed by atoms with van der Waals surface area (Å²) in [6, 6.07) is 5.28. The molecule has 3 N–H and O–H groups in total. The lowest BCUT2D eigenvalue weighted by Gasteiger charge is -2.14. The molecule has 0 aliphatic carbocycles. The van der Waals surface area contributed by atoms with Gasteiger partial charge in [0.2, 0.25) is 11.1 Å². The minimum absolute atomic E-state index is 0.102. The molecule has 18 heavy (non-hydrogen) atoms. The number of phenols is 1. The van der Waals surface area contributed by atoms with Crippen LogP contribution in [-0.2, 0) is 4.79 Å². The maximum Gasteiger partial charge on any atom is 0.247 e. The third-order valence-electron chi connectivity index (χ3n) is 2.31. The number of hydrogen-bond donors (Lipinski definition) is 2. The van der Waals surface area contributed by atoms with Gasteiger partial charge in [-0.2, -0.15) is 0 Å². The van der Waals surface area contributed by atoms with E-state index in [0.29, 0.717) is 10.7 Å². The first kappa shape index (κ1) is 12.4. The van der Waals surface area contributed by atoms with Gasteiger partial charge >= 0.3 is 0 Å². The Morgan fingerprint density at radius 1 is 1.44 bits per heavy atom. The maximum atomic E-state index is 11.6. The van der Waals surface area contributed by atoms with E-state index in [1.54, 1.807) is 12.1 Å². The largest absolute Gasteiger partial charge is 0.508 e. The molecule has 0 saturated carbocycles. The molecule has 1 aromatic heterocycles. The summed E-state index contributed by atoms with van der Waals surface area (Å²) in [5.41, 5.74) is 5.96. The van der Waals surface area contributed by atoms with Gasteiger partial charge in [-0.05, 0) is 28.1 Å². The minimum atomic E-state index is -0.829. The molecule has 8 heteroatoms. The molecule has 1 aromatic carbocycles. The number of thioether (sulfide) groups is 1. The summed E-state index contributed by atoms with van der Waals surface area (Å²) >= 11 is 1.07. The standard InChI is InChI=1S/C10H10N5O2S/c1-18-10-12-13-14-15(10)8(9(11)17)6-2-4-7(16)5-3-6/h2-5,8,16H,1H2,(H2,11,17). The summed E-state index contributed by atoms with van der Waals surface area (Å²) in [5, 5.41) is 20.6. The number of nitrogens with zero attached hydrogens (tertiary/aromatic N) is 4. The third kappa shape index (κ3) is 2.28. The fourth-order valence-corrected chi connectivity index (χ4v) is 1.89. The third-order valence-corrected chi connectivity index (χ3v) is 2.84. The number of aromatic hydroxyl groups is 1. The van der Waals surface area contributed by atoms with Crippen LogP contribution in [0.5, 0.6) is 5.75 Å². The molecule has 93 valence electrons. The summed E-state index contributed by atoms with van der Waals surface area (Å²) in [7, 11) is 0. The summed E-state index contributed by atoms with van der Waals surface area (Å²) in [4.78, 5) is 11.6. The Morgan fingerprint density at radius 3 is 2.67 bits per heavy atom. The normalized spacial score (nSPS) is 12.3. The highest BCUT2D eigenvalue weighted by molar-refractivity contribution is 8.00. The van der Waals surface area contributed by atoms with Crippen LogP contribution in [0.3, 0.4) is 0 Å². The summed E-state index contributed by atoms with van der Waals surface area (Å²) in [6.45, 7) is 0. The van der Waals surface area contributed by atoms with Crippen LogP contribution in [0.2, 0.25) is 0 Å². The maximum absolute atomic E-state index is 11.6. The molecular weight excluding hydrogens is 254 g/mol. The zero-order valence-corrected chi connectivity index (χ0v) is 10.0. The highest BCUT2D eigenvalue weighted by Gasteiger charge is 2.24. The Hall–Kier alpha value is -2.09. The van der Waals surface area contributed by atoms with Crippen molar-refractivity contribution < 1.29 is 9.90 Å². The molecular formula is C10H10N5O2S. The second kappa shape index (κ2) is 5.05. The van der Waals surface area contributed by atoms with Crippen molar-refractivity contribution >= 4 is 17.7 Å². The van der Waals surface area contributed by atoms with Gasteiger partial charge in [0.1, 0.15) is 5.75 Å². The average molecular weight is 264 g/mol. The lowest BCUT2D eigenvalue weighted by Crippen LogP contribution is -2.28. The number of carbonyl (C=O) groups is 1. The van der Waals surface area contributed by atoms with E-state index in [-0.39, 0.29) is 5.75 Å². The molecule has 1 radical (unpaired) electrons. The van der Waals surface area contributed by atoms with Crippen molar-refractivity contribution in [2.24, 2.45) is 5.73 Å². The van der Waals surface area contributed by atoms with Gasteiger partial charge in [0.15, 0.2) is 6.04 Å². The van der Waals surface area contributed by atoms with Crippen LogP contribution in [0.25, 0.3) is 0 Å². The second-order valence-electron chi connectivity index (χ2n) is 3.45. The van der Waals surface area contributed by atoms with Gasteiger partial charge in [0.05, 0.1) is 0 Å². The Balaban J connectivity index is 2.46. The van der Waals surface area contributed by atoms with E-state index in [1.807, 2.05) is 0 Å². The molecule has 7 nitrogen and oxygen atoms in total. The fraction of sp³-hybridized carbons (Fsp3) is 0.100. The lowest BCUT2D eigenvalue weighted by molar-refractivity contribution is -0.120. The van der Waals surface area contributed by atoms with Gasteiger partial charge in [-0.1, -0.05) is 23.9 Å². The van der Waals surface area contributed by atoms with E-state index in [2.05, 4.69) is 21.8 Å². The number of primary amides is 1. The Kier molecular flexibility index (Phi) is 3.47. The van der Waals surface area contributed by atoms with Crippen molar-refractivity contribution in [1.82, 2.24) is 20.2 Å². The van der Waals surface area contributed by atoms with Gasteiger partial charge in [0, 0.05) is 6.26 Å². The number of tetrazole rings is 1. The predicted molar refractivity (Wildman–Crippen MR) is 64.5 cm³/mol. The first-order valence-electron chi connectivity index (χ1n) is 4.91. The van der Waals surface area contributed by atoms with Crippen LogP contribution in [-0.4, -0.2) is 31.2 Å². The van der Waals surface area contributed by atoms with Crippen molar-refractivity contribution in [2.45, 2.75) is 11.2 Å². The number of amides is 1. The highest BCUT2D eigenvalue weighted by Crippen LogP contribution is 2.23. The van der Waals surface area contributed by atoms with E-state index in [4.69, 9.17) is 5.73 Å². The minimum Gasteiger partial charge on any atom is -0.508 e. The molecule has 2 aromatic rings. The topological polar surface area (TPSA) is 107 Å². The van der Waals surface area contributed by atoms with Gasteiger partial charge in [0.25, 0.3) is 0 Å². The average Bonchev–Trinajstić information content (AvgIpc) is 2.79. The molecule has 0 aliphatic rings. The van der Waals surface area contributed by atoms with Crippen LogP contribution < -0.4 is 5.73 Å². The van der Waals surface area contributed by atoms with Gasteiger partial charge in [-0.25, -0.2) is 4.68 Å². The molecule has 1 unspecified atom stereocenters. The number of rotatable bonds is 4. The van der Waals surface area contributed by atoms with Crippen LogP contribution in [0.15, 0.2) is 29.4 Å². The molecule has 0 saturated heterocycles. The Morgan fingerprint density at radius 2 is 2.11 bits per heavy atom. The number of nitrogens with two attached hydrogens (primary N) is 1. The highest BCUT2D eigenvalue weighted by atomic mass is 32.2. The number of benzene rings is 1. The molecule has 1 amide bonds. The molecule has 0 fully saturated rings. The second-order valence-corrected chi connectivity index (χ2v) is 4.10. The summed E-state index contributed by atoms with van der Waals surface area (Å²) < 4.78 is 1.30. The Labute approximate surface area is 107 Å². The van der Waals surface area contributed by atoms with E-state index >= 15 is 0 Å². The molecule has 0 aliphatic heterocycles. The zero-order chi connectivity index (χ0) is 13.1. The van der Waals surface area contributed by atoms with E-state index in [9.17, 15) is 9.90 Å². The summed E-state index contributed by atoms with van der Waals surface area (Å²) in [5.74, 6) is -0.492. The van der Waals surface area contributed by atoms with Crippen molar-refractivity contribution in [2.75, 3.05) is 0 Å². The predicted octanol–water partition coefficient (Wildman–Crippen LogP) is 0.337. The van der Waals surface area contributed by atoms with Crippen molar-refractivity contribution in [3.05, 3.63) is 36.1 Å². The van der Waals surface area contributed by atoms with Crippen LogP contribution in [0.1, 0.15) is 11.6 Å². The van der Waals surface area contributed by atoms with Crippen LogP contribution in [0.4, 0.5) is 0 Å². The zero-order valence-electron chi connectivity index (χ0n) is 9.22. The monoisotopic (exact) mass is 264 g/mol.